The lowest BCUT2D eigenvalue weighted by Gasteiger charge is -2.44. The van der Waals surface area contributed by atoms with E-state index in [9.17, 15) is 14.4 Å². The molecule has 0 aliphatic carbocycles. The van der Waals surface area contributed by atoms with Gasteiger partial charge < -0.3 is 18.9 Å². The second-order valence-corrected chi connectivity index (χ2v) is 7.90. The van der Waals surface area contributed by atoms with Crippen LogP contribution in [0.5, 0.6) is 0 Å². The van der Waals surface area contributed by atoms with Crippen LogP contribution in [-0.4, -0.2) is 52.2 Å². The molecule has 0 spiro atoms. The summed E-state index contributed by atoms with van der Waals surface area (Å²) in [5, 5.41) is 0. The summed E-state index contributed by atoms with van der Waals surface area (Å²) in [6.45, 7) is 3.78. The summed E-state index contributed by atoms with van der Waals surface area (Å²) in [5.41, 5.74) is -0.632. The fraction of sp³-hybridized carbons (Fsp3) is 0.500. The molecular weight excluding hydrogens is 487 g/mol. The van der Waals surface area contributed by atoms with Gasteiger partial charge in [-0.25, -0.2) is 0 Å². The van der Waals surface area contributed by atoms with Gasteiger partial charge in [0.05, 0.1) is 0 Å². The summed E-state index contributed by atoms with van der Waals surface area (Å²) in [7, 11) is 0. The van der Waals surface area contributed by atoms with E-state index in [1.54, 1.807) is 0 Å². The Morgan fingerprint density at radius 2 is 1.44 bits per heavy atom. The molecular formula is C18H21IO7S. The molecule has 1 aliphatic heterocycles. The first-order valence-corrected chi connectivity index (χ1v) is 10.7. The van der Waals surface area contributed by atoms with Crippen LogP contribution in [0.1, 0.15) is 20.8 Å². The van der Waals surface area contributed by atoms with Crippen LogP contribution >= 0.6 is 34.4 Å². The van der Waals surface area contributed by atoms with E-state index < -0.39 is 47.8 Å². The summed E-state index contributed by atoms with van der Waals surface area (Å²) < 4.78 is 22.8. The highest BCUT2D eigenvalue weighted by Crippen LogP contribution is 2.37. The third kappa shape index (κ3) is 6.35. The second kappa shape index (κ2) is 10.3. The van der Waals surface area contributed by atoms with Gasteiger partial charge in [0, 0.05) is 30.1 Å². The van der Waals surface area contributed by atoms with Crippen molar-refractivity contribution < 1.29 is 33.3 Å². The molecule has 3 unspecified atom stereocenters. The topological polar surface area (TPSA) is 88.1 Å². The van der Waals surface area contributed by atoms with E-state index >= 15 is 0 Å². The number of esters is 3. The third-order valence-electron chi connectivity index (χ3n) is 3.64. The van der Waals surface area contributed by atoms with Gasteiger partial charge in [0.1, 0.15) is 11.5 Å². The van der Waals surface area contributed by atoms with E-state index in [0.29, 0.717) is 4.43 Å². The molecule has 1 saturated heterocycles. The SMILES string of the molecule is CC(=O)OC1C(OC(C)=O)[C@@H](Sc2ccccc2)OC(CI)[C@H]1OC(C)=O. The number of rotatable bonds is 6. The van der Waals surface area contributed by atoms with Crippen molar-refractivity contribution in [3.63, 3.8) is 0 Å². The molecule has 5 atom stereocenters. The minimum atomic E-state index is -0.968. The number of hydrogen-bond donors (Lipinski definition) is 0. The van der Waals surface area contributed by atoms with Crippen LogP contribution in [0.2, 0.25) is 0 Å². The van der Waals surface area contributed by atoms with E-state index in [2.05, 4.69) is 22.6 Å². The Labute approximate surface area is 175 Å². The summed E-state index contributed by atoms with van der Waals surface area (Å²) in [5.74, 6) is -1.65. The largest absolute Gasteiger partial charge is 0.456 e. The van der Waals surface area contributed by atoms with Gasteiger partial charge in [0.15, 0.2) is 18.3 Å². The van der Waals surface area contributed by atoms with Crippen molar-refractivity contribution in [3.05, 3.63) is 30.3 Å². The van der Waals surface area contributed by atoms with Gasteiger partial charge in [0.2, 0.25) is 0 Å². The van der Waals surface area contributed by atoms with E-state index in [0.717, 1.165) is 4.90 Å². The van der Waals surface area contributed by atoms with Crippen LogP contribution in [0.4, 0.5) is 0 Å². The molecule has 0 aromatic heterocycles. The average Bonchev–Trinajstić information content (AvgIpc) is 2.59. The third-order valence-corrected chi connectivity index (χ3v) is 5.67. The molecule has 0 amide bonds. The van der Waals surface area contributed by atoms with Gasteiger partial charge in [-0.2, -0.15) is 0 Å². The van der Waals surface area contributed by atoms with Gasteiger partial charge in [-0.1, -0.05) is 52.6 Å². The zero-order valence-electron chi connectivity index (χ0n) is 15.1. The van der Waals surface area contributed by atoms with Crippen LogP contribution in [0.25, 0.3) is 0 Å². The predicted octanol–water partition coefficient (Wildman–Crippen LogP) is 2.73. The molecule has 0 N–H and O–H groups in total. The number of alkyl halides is 1. The maximum Gasteiger partial charge on any atom is 0.303 e. The van der Waals surface area contributed by atoms with E-state index in [1.165, 1.54) is 32.5 Å². The lowest BCUT2D eigenvalue weighted by atomic mass is 10.00. The van der Waals surface area contributed by atoms with Gasteiger partial charge in [0.25, 0.3) is 0 Å². The molecule has 9 heteroatoms. The highest BCUT2D eigenvalue weighted by Gasteiger charge is 2.51. The van der Waals surface area contributed by atoms with Crippen molar-refractivity contribution >= 4 is 52.3 Å². The Morgan fingerprint density at radius 1 is 0.926 bits per heavy atom. The molecule has 7 nitrogen and oxygen atoms in total. The minimum Gasteiger partial charge on any atom is -0.456 e. The summed E-state index contributed by atoms with van der Waals surface area (Å²) >= 11 is 3.46. The van der Waals surface area contributed by atoms with Crippen molar-refractivity contribution in [2.24, 2.45) is 0 Å². The number of carbonyl (C=O) groups is 3. The fourth-order valence-corrected chi connectivity index (χ4v) is 4.54. The summed E-state index contributed by atoms with van der Waals surface area (Å²) in [6.07, 6.45) is -3.29. The molecule has 0 saturated carbocycles. The Hall–Kier alpha value is -1.33. The number of thioether (sulfide) groups is 1. The normalized spacial score (nSPS) is 27.5. The first-order chi connectivity index (χ1) is 12.8. The Morgan fingerprint density at radius 3 is 1.96 bits per heavy atom. The van der Waals surface area contributed by atoms with E-state index in [-0.39, 0.29) is 0 Å². The quantitative estimate of drug-likeness (QED) is 0.251. The summed E-state index contributed by atoms with van der Waals surface area (Å²) in [6, 6.07) is 9.45. The van der Waals surface area contributed by atoms with Crippen LogP contribution < -0.4 is 0 Å². The smallest absolute Gasteiger partial charge is 0.303 e. The molecule has 0 bridgehead atoms. The standard InChI is InChI=1S/C18H21IO7S/c1-10(20)23-15-14(9-19)26-18(27-13-7-5-4-6-8-13)17(25-12(3)22)16(15)24-11(2)21/h4-8,14-18H,9H2,1-3H3/t14?,15-,16?,17?,18-/m1/s1. The maximum absolute atomic E-state index is 11.7. The molecule has 1 aliphatic rings. The van der Waals surface area contributed by atoms with Crippen LogP contribution in [0.3, 0.4) is 0 Å². The molecule has 0 radical (unpaired) electrons. The van der Waals surface area contributed by atoms with Gasteiger partial charge in [-0.3, -0.25) is 14.4 Å². The van der Waals surface area contributed by atoms with Crippen molar-refractivity contribution in [1.29, 1.82) is 0 Å². The van der Waals surface area contributed by atoms with E-state index in [4.69, 9.17) is 18.9 Å². The molecule has 1 fully saturated rings. The number of halogens is 1. The minimum absolute atomic E-state index is 0.492. The molecule has 1 aromatic carbocycles. The fourth-order valence-electron chi connectivity index (χ4n) is 2.71. The van der Waals surface area contributed by atoms with Crippen LogP contribution in [0.15, 0.2) is 35.2 Å². The number of benzene rings is 1. The Bertz CT molecular complexity index is 669. The summed E-state index contributed by atoms with van der Waals surface area (Å²) in [4.78, 5) is 35.8. The predicted molar refractivity (Wildman–Crippen MR) is 107 cm³/mol. The Balaban J connectivity index is 2.38. The van der Waals surface area contributed by atoms with Crippen molar-refractivity contribution in [1.82, 2.24) is 0 Å². The average molecular weight is 508 g/mol. The molecule has 1 aromatic rings. The lowest BCUT2D eigenvalue weighted by molar-refractivity contribution is -0.227. The zero-order chi connectivity index (χ0) is 20.0. The Kier molecular flexibility index (Phi) is 8.36. The van der Waals surface area contributed by atoms with E-state index in [1.807, 2.05) is 30.3 Å². The maximum atomic E-state index is 11.7. The van der Waals surface area contributed by atoms with Gasteiger partial charge in [-0.15, -0.1) is 0 Å². The first kappa shape index (κ1) is 22.0. The zero-order valence-corrected chi connectivity index (χ0v) is 18.1. The van der Waals surface area contributed by atoms with Crippen molar-refractivity contribution in [2.45, 2.75) is 55.5 Å². The number of carbonyl (C=O) groups excluding carboxylic acids is 3. The number of hydrogen-bond acceptors (Lipinski definition) is 8. The highest BCUT2D eigenvalue weighted by atomic mass is 127. The highest BCUT2D eigenvalue weighted by molar-refractivity contribution is 14.1. The first-order valence-electron chi connectivity index (χ1n) is 8.26. The molecule has 148 valence electrons. The van der Waals surface area contributed by atoms with Crippen LogP contribution in [0, 0.1) is 0 Å². The number of ether oxygens (including phenoxy) is 4. The lowest BCUT2D eigenvalue weighted by Crippen LogP contribution is -2.60. The van der Waals surface area contributed by atoms with Crippen molar-refractivity contribution in [2.75, 3.05) is 4.43 Å². The molecule has 2 rings (SSSR count). The molecule has 1 heterocycles. The van der Waals surface area contributed by atoms with Crippen molar-refractivity contribution in [3.8, 4) is 0 Å². The monoisotopic (exact) mass is 508 g/mol. The molecule has 27 heavy (non-hydrogen) atoms. The van der Waals surface area contributed by atoms with Gasteiger partial charge >= 0.3 is 17.9 Å². The van der Waals surface area contributed by atoms with Crippen LogP contribution in [-0.2, 0) is 33.3 Å². The van der Waals surface area contributed by atoms with Gasteiger partial charge in [-0.05, 0) is 12.1 Å². The second-order valence-electron chi connectivity index (χ2n) is 5.85.